The van der Waals surface area contributed by atoms with E-state index in [0.29, 0.717) is 0 Å². The Morgan fingerprint density at radius 3 is 2.20 bits per heavy atom. The van der Waals surface area contributed by atoms with Crippen LogP contribution in [0.15, 0.2) is 54.1 Å². The van der Waals surface area contributed by atoms with Crippen molar-refractivity contribution < 1.29 is 4.79 Å². The monoisotopic (exact) mass is 268 g/mol. The lowest BCUT2D eigenvalue weighted by atomic mass is 9.53. The van der Waals surface area contributed by atoms with Gasteiger partial charge in [-0.05, 0) is 25.3 Å². The van der Waals surface area contributed by atoms with Gasteiger partial charge in [0.25, 0.3) is 0 Å². The molecule has 0 saturated carbocycles. The smallest absolute Gasteiger partial charge is 0.156 e. The van der Waals surface area contributed by atoms with Gasteiger partial charge in [-0.2, -0.15) is 0 Å². The normalized spacial score (nSPS) is 24.3. The van der Waals surface area contributed by atoms with E-state index >= 15 is 0 Å². The number of allylic oxidation sites excluding steroid dienone is 4. The molecule has 106 valence electrons. The van der Waals surface area contributed by atoms with Gasteiger partial charge in [0, 0.05) is 16.4 Å². The van der Waals surface area contributed by atoms with Crippen LogP contribution in [0.2, 0.25) is 0 Å². The van der Waals surface area contributed by atoms with Crippen molar-refractivity contribution in [2.45, 2.75) is 46.0 Å². The molecule has 0 saturated heterocycles. The molecule has 0 aliphatic heterocycles. The van der Waals surface area contributed by atoms with Crippen LogP contribution >= 0.6 is 0 Å². The number of carbonyl (C=O) groups excluding carboxylic acids is 1. The molecule has 1 heteroatoms. The van der Waals surface area contributed by atoms with Gasteiger partial charge in [0.1, 0.15) is 0 Å². The number of Topliss-reactive ketones (excluding diaryl/α,β-unsaturated/α-hetero) is 1. The van der Waals surface area contributed by atoms with Crippen LogP contribution < -0.4 is 0 Å². The van der Waals surface area contributed by atoms with Crippen molar-refractivity contribution in [1.82, 2.24) is 0 Å². The van der Waals surface area contributed by atoms with Gasteiger partial charge in [-0.25, -0.2) is 0 Å². The Balaban J connectivity index is 2.67. The largest absolute Gasteiger partial charge is 0.295 e. The average molecular weight is 268 g/mol. The van der Waals surface area contributed by atoms with Crippen molar-refractivity contribution >= 4 is 5.78 Å². The van der Waals surface area contributed by atoms with Gasteiger partial charge in [-0.1, -0.05) is 69.3 Å². The summed E-state index contributed by atoms with van der Waals surface area (Å²) in [6, 6.07) is 10.5. The fourth-order valence-corrected chi connectivity index (χ4v) is 3.91. The third-order valence-electron chi connectivity index (χ3n) is 5.16. The SMILES string of the molecule is CCC1(CC)C(C(C)=O)=CC=CC1(C)c1ccccc1. The van der Waals surface area contributed by atoms with Crippen molar-refractivity contribution in [2.24, 2.45) is 5.41 Å². The van der Waals surface area contributed by atoms with Gasteiger partial charge >= 0.3 is 0 Å². The number of ketones is 1. The lowest BCUT2D eigenvalue weighted by Crippen LogP contribution is -2.46. The second-order valence-electron chi connectivity index (χ2n) is 5.85. The molecule has 1 unspecified atom stereocenters. The van der Waals surface area contributed by atoms with E-state index in [1.165, 1.54) is 5.56 Å². The first-order valence-electron chi connectivity index (χ1n) is 7.48. The van der Waals surface area contributed by atoms with Crippen LogP contribution in [0, 0.1) is 5.41 Å². The first-order chi connectivity index (χ1) is 9.52. The minimum atomic E-state index is -0.131. The van der Waals surface area contributed by atoms with Gasteiger partial charge < -0.3 is 0 Å². The Hall–Kier alpha value is -1.63. The highest BCUT2D eigenvalue weighted by Crippen LogP contribution is 2.54. The summed E-state index contributed by atoms with van der Waals surface area (Å²) in [5.74, 6) is 0.195. The lowest BCUT2D eigenvalue weighted by Gasteiger charge is -2.50. The van der Waals surface area contributed by atoms with E-state index in [9.17, 15) is 4.79 Å². The van der Waals surface area contributed by atoms with Crippen LogP contribution in [0.25, 0.3) is 0 Å². The number of rotatable bonds is 4. The lowest BCUT2D eigenvalue weighted by molar-refractivity contribution is -0.115. The van der Waals surface area contributed by atoms with Gasteiger partial charge in [0.05, 0.1) is 0 Å². The Kier molecular flexibility index (Phi) is 3.99. The Bertz CT molecular complexity index is 546. The summed E-state index contributed by atoms with van der Waals surface area (Å²) in [4.78, 5) is 12.1. The predicted molar refractivity (Wildman–Crippen MR) is 84.7 cm³/mol. The minimum absolute atomic E-state index is 0.116. The van der Waals surface area contributed by atoms with Gasteiger partial charge in [0.2, 0.25) is 0 Å². The first kappa shape index (κ1) is 14.8. The second kappa shape index (κ2) is 5.40. The molecule has 0 heterocycles. The van der Waals surface area contributed by atoms with Gasteiger partial charge in [-0.15, -0.1) is 0 Å². The van der Waals surface area contributed by atoms with E-state index < -0.39 is 0 Å². The first-order valence-corrected chi connectivity index (χ1v) is 7.48. The second-order valence-corrected chi connectivity index (χ2v) is 5.85. The zero-order chi connectivity index (χ0) is 14.8. The van der Waals surface area contributed by atoms with E-state index in [1.54, 1.807) is 6.92 Å². The maximum Gasteiger partial charge on any atom is 0.156 e. The molecule has 1 aliphatic carbocycles. The standard InChI is InChI=1S/C19H24O/c1-5-19(6-2)17(15(3)20)13-10-14-18(19,4)16-11-8-7-9-12-16/h7-14H,5-6H2,1-4H3. The summed E-state index contributed by atoms with van der Waals surface area (Å²) in [7, 11) is 0. The van der Waals surface area contributed by atoms with E-state index in [2.05, 4.69) is 51.1 Å². The van der Waals surface area contributed by atoms with Crippen molar-refractivity contribution in [3.05, 3.63) is 59.7 Å². The molecule has 1 aliphatic rings. The number of hydrogen-bond acceptors (Lipinski definition) is 1. The average Bonchev–Trinajstić information content (AvgIpc) is 2.48. The zero-order valence-corrected chi connectivity index (χ0v) is 12.9. The molecule has 0 spiro atoms. The topological polar surface area (TPSA) is 17.1 Å². The third-order valence-corrected chi connectivity index (χ3v) is 5.16. The molecule has 0 fully saturated rings. The van der Waals surface area contributed by atoms with Crippen LogP contribution in [0.5, 0.6) is 0 Å². The van der Waals surface area contributed by atoms with Crippen LogP contribution in [0.3, 0.4) is 0 Å². The number of benzene rings is 1. The predicted octanol–water partition coefficient (Wildman–Crippen LogP) is 4.84. The highest BCUT2D eigenvalue weighted by molar-refractivity contribution is 5.96. The maximum absolute atomic E-state index is 12.1. The van der Waals surface area contributed by atoms with Crippen molar-refractivity contribution in [1.29, 1.82) is 0 Å². The Morgan fingerprint density at radius 1 is 1.10 bits per heavy atom. The molecule has 1 aromatic carbocycles. The number of hydrogen-bond donors (Lipinski definition) is 0. The Morgan fingerprint density at radius 2 is 1.70 bits per heavy atom. The quantitative estimate of drug-likeness (QED) is 0.764. The molecule has 0 N–H and O–H groups in total. The minimum Gasteiger partial charge on any atom is -0.295 e. The van der Waals surface area contributed by atoms with Crippen molar-refractivity contribution in [3.63, 3.8) is 0 Å². The van der Waals surface area contributed by atoms with Crippen LogP contribution in [0.1, 0.15) is 46.1 Å². The van der Waals surface area contributed by atoms with Crippen LogP contribution in [-0.4, -0.2) is 5.78 Å². The molecule has 0 amide bonds. The summed E-state index contributed by atoms with van der Waals surface area (Å²) >= 11 is 0. The highest BCUT2D eigenvalue weighted by Gasteiger charge is 2.49. The van der Waals surface area contributed by atoms with E-state index in [4.69, 9.17) is 0 Å². The van der Waals surface area contributed by atoms with Crippen molar-refractivity contribution in [2.75, 3.05) is 0 Å². The van der Waals surface area contributed by atoms with E-state index in [1.807, 2.05) is 18.2 Å². The van der Waals surface area contributed by atoms with E-state index in [0.717, 1.165) is 18.4 Å². The van der Waals surface area contributed by atoms with Gasteiger partial charge in [0.15, 0.2) is 5.78 Å². The van der Waals surface area contributed by atoms with Gasteiger partial charge in [-0.3, -0.25) is 4.79 Å². The van der Waals surface area contributed by atoms with Crippen molar-refractivity contribution in [3.8, 4) is 0 Å². The van der Waals surface area contributed by atoms with Crippen LogP contribution in [0.4, 0.5) is 0 Å². The molecule has 1 atom stereocenters. The molecule has 20 heavy (non-hydrogen) atoms. The third kappa shape index (κ3) is 1.96. The molecular weight excluding hydrogens is 244 g/mol. The molecule has 0 bridgehead atoms. The molecule has 2 rings (SSSR count). The zero-order valence-electron chi connectivity index (χ0n) is 12.9. The maximum atomic E-state index is 12.1. The highest BCUT2D eigenvalue weighted by atomic mass is 16.1. The number of carbonyl (C=O) groups is 1. The summed E-state index contributed by atoms with van der Waals surface area (Å²) in [5, 5.41) is 0. The summed E-state index contributed by atoms with van der Waals surface area (Å²) in [5.41, 5.74) is 2.01. The molecular formula is C19H24O. The van der Waals surface area contributed by atoms with E-state index in [-0.39, 0.29) is 16.6 Å². The molecule has 1 nitrogen and oxygen atoms in total. The fourth-order valence-electron chi connectivity index (χ4n) is 3.91. The summed E-state index contributed by atoms with van der Waals surface area (Å²) < 4.78 is 0. The van der Waals surface area contributed by atoms with Crippen LogP contribution in [-0.2, 0) is 10.2 Å². The molecule has 0 radical (unpaired) electrons. The molecule has 0 aromatic heterocycles. The Labute approximate surface area is 122 Å². The molecule has 1 aromatic rings. The fraction of sp³-hybridized carbons (Fsp3) is 0.421. The summed E-state index contributed by atoms with van der Waals surface area (Å²) in [6.07, 6.45) is 8.25. The summed E-state index contributed by atoms with van der Waals surface area (Å²) in [6.45, 7) is 8.35.